The van der Waals surface area contributed by atoms with Gasteiger partial charge in [0.25, 0.3) is 5.91 Å². The fourth-order valence-corrected chi connectivity index (χ4v) is 2.71. The molecule has 18 heavy (non-hydrogen) atoms. The molecule has 0 unspecified atom stereocenters. The third-order valence-electron chi connectivity index (χ3n) is 3.33. The first-order chi connectivity index (χ1) is 8.61. The summed E-state index contributed by atoms with van der Waals surface area (Å²) >= 11 is 3.40. The maximum Gasteiger partial charge on any atom is 0.255 e. The Morgan fingerprint density at radius 2 is 2.00 bits per heavy atom. The second kappa shape index (κ2) is 5.71. The Kier molecular flexibility index (Phi) is 4.24. The molecule has 1 aromatic carbocycles. The minimum Gasteiger partial charge on any atom is -0.399 e. The van der Waals surface area contributed by atoms with Crippen molar-refractivity contribution >= 4 is 27.5 Å². The van der Waals surface area contributed by atoms with Crippen LogP contribution in [0, 0.1) is 0 Å². The van der Waals surface area contributed by atoms with Crippen molar-refractivity contribution < 1.29 is 4.79 Å². The Morgan fingerprint density at radius 3 is 2.56 bits per heavy atom. The molecule has 0 aliphatic carbocycles. The standard InChI is InChI=1S/C13H18BrN3O/c1-2-16-5-7-17(8-6-16)13(18)11-4-3-10(15)9-12(11)14/h3-4,9H,2,5-8,15H2,1H3. The van der Waals surface area contributed by atoms with E-state index in [0.29, 0.717) is 11.3 Å². The smallest absolute Gasteiger partial charge is 0.255 e. The zero-order chi connectivity index (χ0) is 13.1. The van der Waals surface area contributed by atoms with Gasteiger partial charge in [-0.25, -0.2) is 0 Å². The Morgan fingerprint density at radius 1 is 1.33 bits per heavy atom. The van der Waals surface area contributed by atoms with Crippen LogP contribution in [-0.4, -0.2) is 48.4 Å². The van der Waals surface area contributed by atoms with Crippen LogP contribution in [-0.2, 0) is 0 Å². The molecule has 1 aliphatic heterocycles. The van der Waals surface area contributed by atoms with Crippen LogP contribution in [0.5, 0.6) is 0 Å². The first kappa shape index (κ1) is 13.4. The molecule has 1 amide bonds. The summed E-state index contributed by atoms with van der Waals surface area (Å²) in [5.74, 6) is 0.0811. The minimum absolute atomic E-state index is 0.0811. The summed E-state index contributed by atoms with van der Waals surface area (Å²) in [5.41, 5.74) is 7.03. The zero-order valence-electron chi connectivity index (χ0n) is 10.5. The van der Waals surface area contributed by atoms with E-state index in [1.165, 1.54) is 0 Å². The number of carbonyl (C=O) groups is 1. The molecule has 4 nitrogen and oxygen atoms in total. The highest BCUT2D eigenvalue weighted by atomic mass is 79.9. The van der Waals surface area contributed by atoms with Crippen LogP contribution in [0.15, 0.2) is 22.7 Å². The average molecular weight is 312 g/mol. The molecule has 0 spiro atoms. The third-order valence-corrected chi connectivity index (χ3v) is 3.99. The van der Waals surface area contributed by atoms with Gasteiger partial charge in [0.2, 0.25) is 0 Å². The number of nitrogens with two attached hydrogens (primary N) is 1. The van der Waals surface area contributed by atoms with Gasteiger partial charge in [-0.3, -0.25) is 4.79 Å². The number of halogens is 1. The Bertz CT molecular complexity index is 442. The number of piperazine rings is 1. The summed E-state index contributed by atoms with van der Waals surface area (Å²) in [7, 11) is 0. The van der Waals surface area contributed by atoms with Gasteiger partial charge >= 0.3 is 0 Å². The lowest BCUT2D eigenvalue weighted by molar-refractivity contribution is 0.0642. The molecule has 1 fully saturated rings. The Labute approximate surface area is 116 Å². The van der Waals surface area contributed by atoms with Crippen LogP contribution in [0.3, 0.4) is 0 Å². The van der Waals surface area contributed by atoms with Crippen LogP contribution < -0.4 is 5.73 Å². The van der Waals surface area contributed by atoms with Crippen LogP contribution in [0.25, 0.3) is 0 Å². The summed E-state index contributed by atoms with van der Waals surface area (Å²) in [6.45, 7) is 6.69. The van der Waals surface area contributed by atoms with Gasteiger partial charge in [-0.15, -0.1) is 0 Å². The number of nitrogens with zero attached hydrogens (tertiary/aromatic N) is 2. The number of rotatable bonds is 2. The molecule has 0 atom stereocenters. The second-order valence-electron chi connectivity index (χ2n) is 4.47. The van der Waals surface area contributed by atoms with E-state index in [1.807, 2.05) is 4.90 Å². The molecule has 0 bridgehead atoms. The third kappa shape index (κ3) is 2.84. The predicted molar refractivity (Wildman–Crippen MR) is 76.6 cm³/mol. The highest BCUT2D eigenvalue weighted by molar-refractivity contribution is 9.10. The van der Waals surface area contributed by atoms with Gasteiger partial charge in [0.1, 0.15) is 0 Å². The zero-order valence-corrected chi connectivity index (χ0v) is 12.1. The quantitative estimate of drug-likeness (QED) is 0.847. The lowest BCUT2D eigenvalue weighted by atomic mass is 10.1. The number of likely N-dealkylation sites (N-methyl/N-ethyl adjacent to an activating group) is 1. The van der Waals surface area contributed by atoms with Crippen molar-refractivity contribution in [2.24, 2.45) is 0 Å². The monoisotopic (exact) mass is 311 g/mol. The van der Waals surface area contributed by atoms with E-state index < -0.39 is 0 Å². The number of hydrogen-bond donors (Lipinski definition) is 1. The van der Waals surface area contributed by atoms with Crippen molar-refractivity contribution in [1.29, 1.82) is 0 Å². The number of anilines is 1. The molecule has 2 rings (SSSR count). The SMILES string of the molecule is CCN1CCN(C(=O)c2ccc(N)cc2Br)CC1. The lowest BCUT2D eigenvalue weighted by Gasteiger charge is -2.34. The maximum absolute atomic E-state index is 12.4. The summed E-state index contributed by atoms with van der Waals surface area (Å²) in [6, 6.07) is 5.32. The average Bonchev–Trinajstić information content (AvgIpc) is 2.38. The van der Waals surface area contributed by atoms with Crippen LogP contribution in [0.4, 0.5) is 5.69 Å². The van der Waals surface area contributed by atoms with Gasteiger partial charge in [-0.1, -0.05) is 6.92 Å². The van der Waals surface area contributed by atoms with Gasteiger partial charge in [0, 0.05) is 36.3 Å². The van der Waals surface area contributed by atoms with E-state index in [2.05, 4.69) is 27.8 Å². The molecule has 0 saturated carbocycles. The van der Waals surface area contributed by atoms with Gasteiger partial charge in [-0.2, -0.15) is 0 Å². The minimum atomic E-state index is 0.0811. The molecule has 1 aliphatic rings. The summed E-state index contributed by atoms with van der Waals surface area (Å²) < 4.78 is 0.769. The van der Waals surface area contributed by atoms with E-state index in [1.54, 1.807) is 18.2 Å². The molecule has 5 heteroatoms. The van der Waals surface area contributed by atoms with Gasteiger partial charge in [0.05, 0.1) is 5.56 Å². The van der Waals surface area contributed by atoms with Crippen molar-refractivity contribution in [3.63, 3.8) is 0 Å². The number of amides is 1. The van der Waals surface area contributed by atoms with E-state index in [0.717, 1.165) is 37.2 Å². The molecule has 98 valence electrons. The molecular weight excluding hydrogens is 294 g/mol. The summed E-state index contributed by atoms with van der Waals surface area (Å²) in [4.78, 5) is 16.6. The van der Waals surface area contributed by atoms with E-state index in [-0.39, 0.29) is 5.91 Å². The van der Waals surface area contributed by atoms with Gasteiger partial charge < -0.3 is 15.5 Å². The molecular formula is C13H18BrN3O. The summed E-state index contributed by atoms with van der Waals surface area (Å²) in [6.07, 6.45) is 0. The number of nitrogen functional groups attached to an aromatic ring is 1. The van der Waals surface area contributed by atoms with Crippen LogP contribution in [0.1, 0.15) is 17.3 Å². The van der Waals surface area contributed by atoms with Crippen LogP contribution in [0.2, 0.25) is 0 Å². The van der Waals surface area contributed by atoms with Crippen molar-refractivity contribution in [2.75, 3.05) is 38.5 Å². The molecule has 1 aromatic rings. The van der Waals surface area contributed by atoms with E-state index >= 15 is 0 Å². The molecule has 0 aromatic heterocycles. The van der Waals surface area contributed by atoms with Crippen LogP contribution >= 0.6 is 15.9 Å². The Hall–Kier alpha value is -1.07. The molecule has 0 radical (unpaired) electrons. The lowest BCUT2D eigenvalue weighted by Crippen LogP contribution is -2.48. The summed E-state index contributed by atoms with van der Waals surface area (Å²) in [5, 5.41) is 0. The topological polar surface area (TPSA) is 49.6 Å². The number of carbonyl (C=O) groups excluding carboxylic acids is 1. The fraction of sp³-hybridized carbons (Fsp3) is 0.462. The van der Waals surface area contributed by atoms with Crippen molar-refractivity contribution in [3.05, 3.63) is 28.2 Å². The first-order valence-electron chi connectivity index (χ1n) is 6.18. The first-order valence-corrected chi connectivity index (χ1v) is 6.97. The van der Waals surface area contributed by atoms with Crippen molar-refractivity contribution in [1.82, 2.24) is 9.80 Å². The highest BCUT2D eigenvalue weighted by Crippen LogP contribution is 2.21. The predicted octanol–water partition coefficient (Wildman–Crippen LogP) is 1.81. The second-order valence-corrected chi connectivity index (χ2v) is 5.32. The number of benzene rings is 1. The van der Waals surface area contributed by atoms with E-state index in [4.69, 9.17) is 5.73 Å². The normalized spacial score (nSPS) is 16.9. The van der Waals surface area contributed by atoms with E-state index in [9.17, 15) is 4.79 Å². The van der Waals surface area contributed by atoms with Gasteiger partial charge in [0.15, 0.2) is 0 Å². The number of hydrogen-bond acceptors (Lipinski definition) is 3. The highest BCUT2D eigenvalue weighted by Gasteiger charge is 2.22. The maximum atomic E-state index is 12.4. The van der Waals surface area contributed by atoms with Gasteiger partial charge in [-0.05, 0) is 40.7 Å². The molecule has 1 heterocycles. The Balaban J connectivity index is 2.08. The molecule has 1 saturated heterocycles. The fourth-order valence-electron chi connectivity index (χ4n) is 2.14. The van der Waals surface area contributed by atoms with Crippen molar-refractivity contribution in [3.8, 4) is 0 Å². The molecule has 2 N–H and O–H groups in total. The van der Waals surface area contributed by atoms with Crippen molar-refractivity contribution in [2.45, 2.75) is 6.92 Å². The largest absolute Gasteiger partial charge is 0.399 e.